The molecule has 0 unspecified atom stereocenters. The first-order chi connectivity index (χ1) is 9.81. The zero-order valence-electron chi connectivity index (χ0n) is 13.2. The van der Waals surface area contributed by atoms with Gasteiger partial charge in [0.05, 0.1) is 12.5 Å². The van der Waals surface area contributed by atoms with Gasteiger partial charge in [0.2, 0.25) is 0 Å². The van der Waals surface area contributed by atoms with Crippen molar-refractivity contribution in [2.45, 2.75) is 40.2 Å². The number of hydrogen-bond donors (Lipinski definition) is 0. The zero-order valence-corrected chi connectivity index (χ0v) is 13.2. The Balaban J connectivity index is 4.12. The van der Waals surface area contributed by atoms with Gasteiger partial charge >= 0.3 is 17.9 Å². The van der Waals surface area contributed by atoms with Gasteiger partial charge in [-0.25, -0.2) is 0 Å². The first-order valence-electron chi connectivity index (χ1n) is 6.99. The van der Waals surface area contributed by atoms with Crippen LogP contribution in [0.5, 0.6) is 0 Å². The molecule has 0 aliphatic heterocycles. The second-order valence-electron chi connectivity index (χ2n) is 4.81. The Morgan fingerprint density at radius 2 is 1.38 bits per heavy atom. The molecule has 0 atom stereocenters. The van der Waals surface area contributed by atoms with Crippen molar-refractivity contribution in [1.29, 1.82) is 0 Å². The van der Waals surface area contributed by atoms with Crippen LogP contribution in [0.25, 0.3) is 0 Å². The summed E-state index contributed by atoms with van der Waals surface area (Å²) >= 11 is 0. The molecule has 0 amide bonds. The van der Waals surface area contributed by atoms with E-state index in [4.69, 9.17) is 14.2 Å². The molecule has 0 spiro atoms. The molecule has 0 saturated carbocycles. The van der Waals surface area contributed by atoms with Gasteiger partial charge in [0.1, 0.15) is 13.2 Å². The van der Waals surface area contributed by atoms with Crippen LogP contribution in [0.2, 0.25) is 0 Å². The quantitative estimate of drug-likeness (QED) is 0.435. The number of carbonyl (C=O) groups is 3. The summed E-state index contributed by atoms with van der Waals surface area (Å²) in [7, 11) is 0. The van der Waals surface area contributed by atoms with Crippen molar-refractivity contribution in [1.82, 2.24) is 4.90 Å². The Kier molecular flexibility index (Phi) is 10.2. The van der Waals surface area contributed by atoms with Crippen LogP contribution in [0.4, 0.5) is 0 Å². The second kappa shape index (κ2) is 11.1. The molecule has 0 radical (unpaired) electrons. The van der Waals surface area contributed by atoms with E-state index in [1.54, 1.807) is 13.8 Å². The van der Waals surface area contributed by atoms with E-state index in [9.17, 15) is 14.4 Å². The molecule has 0 aromatic carbocycles. The lowest BCUT2D eigenvalue weighted by Gasteiger charge is -2.21. The van der Waals surface area contributed by atoms with Gasteiger partial charge in [-0.2, -0.15) is 0 Å². The number of hydrogen-bond acceptors (Lipinski definition) is 7. The lowest BCUT2D eigenvalue weighted by Crippen LogP contribution is -2.34. The molecule has 0 aromatic rings. The fourth-order valence-electron chi connectivity index (χ4n) is 1.54. The van der Waals surface area contributed by atoms with Crippen LogP contribution in [0.15, 0.2) is 0 Å². The van der Waals surface area contributed by atoms with Gasteiger partial charge in [0.15, 0.2) is 0 Å². The van der Waals surface area contributed by atoms with Gasteiger partial charge in [0.25, 0.3) is 0 Å². The summed E-state index contributed by atoms with van der Waals surface area (Å²) in [5, 5.41) is 0. The molecule has 0 aromatic heterocycles. The highest BCUT2D eigenvalue weighted by atomic mass is 16.5. The zero-order chi connectivity index (χ0) is 16.3. The molecule has 7 nitrogen and oxygen atoms in total. The molecule has 0 aliphatic rings. The molecule has 0 N–H and O–H groups in total. The van der Waals surface area contributed by atoms with Crippen molar-refractivity contribution in [2.75, 3.05) is 32.8 Å². The van der Waals surface area contributed by atoms with Crippen molar-refractivity contribution in [3.8, 4) is 0 Å². The highest BCUT2D eigenvalue weighted by Crippen LogP contribution is 1.98. The SMILES string of the molecule is CC(=O)OCCN(CCOC(C)=O)CCC(=O)OC(C)C. The van der Waals surface area contributed by atoms with Gasteiger partial charge in [-0.3, -0.25) is 19.3 Å². The smallest absolute Gasteiger partial charge is 0.307 e. The number of ether oxygens (including phenoxy) is 3. The van der Waals surface area contributed by atoms with Crippen LogP contribution in [0.3, 0.4) is 0 Å². The molecular formula is C14H25NO6. The lowest BCUT2D eigenvalue weighted by molar-refractivity contribution is -0.149. The monoisotopic (exact) mass is 303 g/mol. The predicted octanol–water partition coefficient (Wildman–Crippen LogP) is 0.756. The molecule has 21 heavy (non-hydrogen) atoms. The third-order valence-corrected chi connectivity index (χ3v) is 2.42. The fourth-order valence-corrected chi connectivity index (χ4v) is 1.54. The third kappa shape index (κ3) is 13.1. The summed E-state index contributed by atoms with van der Waals surface area (Å²) < 4.78 is 14.8. The van der Waals surface area contributed by atoms with E-state index in [2.05, 4.69) is 0 Å². The van der Waals surface area contributed by atoms with Crippen molar-refractivity contribution in [3.63, 3.8) is 0 Å². The average Bonchev–Trinajstić information content (AvgIpc) is 2.33. The van der Waals surface area contributed by atoms with Crippen LogP contribution in [0.1, 0.15) is 34.1 Å². The molecule has 7 heteroatoms. The minimum atomic E-state index is -0.353. The Hall–Kier alpha value is -1.63. The van der Waals surface area contributed by atoms with Crippen molar-refractivity contribution >= 4 is 17.9 Å². The van der Waals surface area contributed by atoms with Gasteiger partial charge < -0.3 is 14.2 Å². The summed E-state index contributed by atoms with van der Waals surface area (Å²) in [4.78, 5) is 34.8. The summed E-state index contributed by atoms with van der Waals surface area (Å²) in [6.45, 7) is 8.10. The number of carbonyl (C=O) groups excluding carboxylic acids is 3. The third-order valence-electron chi connectivity index (χ3n) is 2.42. The maximum absolute atomic E-state index is 11.5. The Labute approximate surface area is 125 Å². The maximum atomic E-state index is 11.5. The lowest BCUT2D eigenvalue weighted by atomic mass is 10.3. The van der Waals surface area contributed by atoms with Gasteiger partial charge in [0, 0.05) is 33.5 Å². The van der Waals surface area contributed by atoms with Crippen molar-refractivity contribution in [3.05, 3.63) is 0 Å². The first-order valence-corrected chi connectivity index (χ1v) is 6.99. The van der Waals surface area contributed by atoms with Crippen molar-refractivity contribution < 1.29 is 28.6 Å². The van der Waals surface area contributed by atoms with Gasteiger partial charge in [-0.15, -0.1) is 0 Å². The molecular weight excluding hydrogens is 278 g/mol. The molecule has 122 valence electrons. The maximum Gasteiger partial charge on any atom is 0.307 e. The van der Waals surface area contributed by atoms with E-state index in [-0.39, 0.29) is 43.6 Å². The molecule has 0 heterocycles. The molecule has 0 rings (SSSR count). The molecule has 0 saturated heterocycles. The second-order valence-corrected chi connectivity index (χ2v) is 4.81. The first kappa shape index (κ1) is 19.4. The van der Waals surface area contributed by atoms with Crippen LogP contribution in [0, 0.1) is 0 Å². The van der Waals surface area contributed by atoms with Crippen LogP contribution >= 0.6 is 0 Å². The summed E-state index contributed by atoms with van der Waals surface area (Å²) in [5.74, 6) is -0.988. The Morgan fingerprint density at radius 3 is 1.76 bits per heavy atom. The fraction of sp³-hybridized carbons (Fsp3) is 0.786. The molecule has 0 fully saturated rings. The highest BCUT2D eigenvalue weighted by molar-refractivity contribution is 5.69. The molecule has 0 bridgehead atoms. The van der Waals surface area contributed by atoms with Gasteiger partial charge in [-0.05, 0) is 13.8 Å². The largest absolute Gasteiger partial charge is 0.465 e. The van der Waals surface area contributed by atoms with E-state index >= 15 is 0 Å². The number of nitrogens with zero attached hydrogens (tertiary/aromatic N) is 1. The normalized spacial score (nSPS) is 10.6. The van der Waals surface area contributed by atoms with E-state index in [1.807, 2.05) is 4.90 Å². The van der Waals surface area contributed by atoms with Crippen LogP contribution < -0.4 is 0 Å². The van der Waals surface area contributed by atoms with E-state index < -0.39 is 0 Å². The number of rotatable bonds is 10. The van der Waals surface area contributed by atoms with E-state index in [0.29, 0.717) is 19.6 Å². The topological polar surface area (TPSA) is 82.1 Å². The number of esters is 3. The highest BCUT2D eigenvalue weighted by Gasteiger charge is 2.11. The predicted molar refractivity (Wildman–Crippen MR) is 75.6 cm³/mol. The Morgan fingerprint density at radius 1 is 0.905 bits per heavy atom. The molecule has 0 aliphatic carbocycles. The summed E-state index contributed by atoms with van der Waals surface area (Å²) in [6.07, 6.45) is 0.0891. The Bertz CT molecular complexity index is 322. The average molecular weight is 303 g/mol. The minimum Gasteiger partial charge on any atom is -0.465 e. The van der Waals surface area contributed by atoms with E-state index in [1.165, 1.54) is 13.8 Å². The minimum absolute atomic E-state index is 0.145. The van der Waals surface area contributed by atoms with Crippen molar-refractivity contribution in [2.24, 2.45) is 0 Å². The van der Waals surface area contributed by atoms with Crippen LogP contribution in [-0.4, -0.2) is 61.8 Å². The standard InChI is InChI=1S/C14H25NO6/c1-11(2)21-14(18)5-6-15(7-9-19-12(3)16)8-10-20-13(4)17/h11H,5-10H2,1-4H3. The van der Waals surface area contributed by atoms with E-state index in [0.717, 1.165) is 0 Å². The van der Waals surface area contributed by atoms with Gasteiger partial charge in [-0.1, -0.05) is 0 Å². The summed E-state index contributed by atoms with van der Waals surface area (Å²) in [6, 6.07) is 0. The summed E-state index contributed by atoms with van der Waals surface area (Å²) in [5.41, 5.74) is 0. The van der Waals surface area contributed by atoms with Crippen LogP contribution in [-0.2, 0) is 28.6 Å².